The second-order valence-electron chi connectivity index (χ2n) is 6.50. The Hall–Kier alpha value is -0.880. The maximum absolute atomic E-state index is 12.5. The first-order valence-electron chi connectivity index (χ1n) is 7.39. The van der Waals surface area contributed by atoms with Crippen LogP contribution in [0.1, 0.15) is 38.3 Å². The van der Waals surface area contributed by atoms with E-state index in [1.54, 1.807) is 24.9 Å². The molecule has 1 aromatic rings. The Labute approximate surface area is 120 Å². The van der Waals surface area contributed by atoms with Gasteiger partial charge in [-0.05, 0) is 50.9 Å². The Balaban J connectivity index is 1.75. The van der Waals surface area contributed by atoms with Gasteiger partial charge in [0.1, 0.15) is 4.90 Å². The molecule has 2 aliphatic carbocycles. The average molecular weight is 297 g/mol. The minimum atomic E-state index is -3.46. The highest BCUT2D eigenvalue weighted by Gasteiger charge is 2.42. The highest BCUT2D eigenvalue weighted by atomic mass is 32.2. The molecule has 20 heavy (non-hydrogen) atoms. The van der Waals surface area contributed by atoms with Gasteiger partial charge in [0.15, 0.2) is 0 Å². The molecule has 0 aromatic carbocycles. The minimum Gasteiger partial charge on any atom is -0.274 e. The molecule has 2 fully saturated rings. The van der Waals surface area contributed by atoms with E-state index in [4.69, 9.17) is 0 Å². The monoisotopic (exact) mass is 297 g/mol. The van der Waals surface area contributed by atoms with Crippen molar-refractivity contribution in [1.82, 2.24) is 14.5 Å². The molecule has 0 saturated heterocycles. The van der Waals surface area contributed by atoms with Gasteiger partial charge in [0.05, 0.1) is 5.69 Å². The maximum atomic E-state index is 12.5. The number of aryl methyl sites for hydroxylation is 2. The minimum absolute atomic E-state index is 0.00917. The number of sulfonamides is 1. The number of hydrogen-bond acceptors (Lipinski definition) is 3. The van der Waals surface area contributed by atoms with Crippen molar-refractivity contribution in [3.05, 3.63) is 11.9 Å². The van der Waals surface area contributed by atoms with Crippen molar-refractivity contribution in [3.8, 4) is 0 Å². The molecule has 0 spiro atoms. The van der Waals surface area contributed by atoms with Crippen LogP contribution in [0.5, 0.6) is 0 Å². The van der Waals surface area contributed by atoms with E-state index in [9.17, 15) is 8.42 Å². The maximum Gasteiger partial charge on any atom is 0.244 e. The first-order chi connectivity index (χ1) is 9.37. The zero-order valence-corrected chi connectivity index (χ0v) is 13.2. The van der Waals surface area contributed by atoms with Gasteiger partial charge in [-0.3, -0.25) is 4.68 Å². The number of rotatable bonds is 4. The Kier molecular flexibility index (Phi) is 3.41. The summed E-state index contributed by atoms with van der Waals surface area (Å²) in [5, 5.41) is 4.12. The number of nitrogens with zero attached hydrogens (tertiary/aromatic N) is 2. The van der Waals surface area contributed by atoms with Crippen molar-refractivity contribution < 1.29 is 8.42 Å². The Bertz CT molecular complexity index is 608. The molecular weight excluding hydrogens is 274 g/mol. The molecule has 1 N–H and O–H groups in total. The summed E-state index contributed by atoms with van der Waals surface area (Å²) in [6.07, 6.45) is 6.66. The van der Waals surface area contributed by atoms with Crippen molar-refractivity contribution in [2.45, 2.75) is 50.5 Å². The van der Waals surface area contributed by atoms with Gasteiger partial charge in [0.25, 0.3) is 0 Å². The van der Waals surface area contributed by atoms with E-state index in [-0.39, 0.29) is 6.04 Å². The van der Waals surface area contributed by atoms with Gasteiger partial charge < -0.3 is 0 Å². The largest absolute Gasteiger partial charge is 0.274 e. The summed E-state index contributed by atoms with van der Waals surface area (Å²) in [5.41, 5.74) is 0.556. The molecule has 0 unspecified atom stereocenters. The van der Waals surface area contributed by atoms with Gasteiger partial charge in [0.2, 0.25) is 10.0 Å². The summed E-state index contributed by atoms with van der Waals surface area (Å²) in [5.74, 6) is 2.05. The van der Waals surface area contributed by atoms with Crippen LogP contribution in [0.2, 0.25) is 0 Å². The van der Waals surface area contributed by atoms with E-state index in [1.807, 2.05) is 6.92 Å². The second-order valence-corrected chi connectivity index (χ2v) is 8.18. The quantitative estimate of drug-likeness (QED) is 0.922. The van der Waals surface area contributed by atoms with Crippen LogP contribution in [-0.2, 0) is 17.1 Å². The van der Waals surface area contributed by atoms with E-state index in [0.29, 0.717) is 22.4 Å². The van der Waals surface area contributed by atoms with Crippen molar-refractivity contribution in [3.63, 3.8) is 0 Å². The van der Waals surface area contributed by atoms with Crippen LogP contribution in [0.4, 0.5) is 0 Å². The summed E-state index contributed by atoms with van der Waals surface area (Å²) in [6, 6.07) is 0.00917. The Morgan fingerprint density at radius 3 is 2.65 bits per heavy atom. The molecule has 1 aromatic heterocycles. The molecule has 1 heterocycles. The van der Waals surface area contributed by atoms with Crippen LogP contribution < -0.4 is 4.72 Å². The van der Waals surface area contributed by atoms with Crippen LogP contribution in [0, 0.1) is 24.7 Å². The van der Waals surface area contributed by atoms with Crippen LogP contribution in [-0.4, -0.2) is 24.2 Å². The molecule has 112 valence electrons. The fourth-order valence-corrected chi connectivity index (χ4v) is 5.66. The van der Waals surface area contributed by atoms with Gasteiger partial charge in [-0.2, -0.15) is 5.10 Å². The summed E-state index contributed by atoms with van der Waals surface area (Å²) in [7, 11) is -1.72. The molecular formula is C14H23N3O2S. The zero-order chi connectivity index (χ0) is 14.5. The fourth-order valence-electron chi connectivity index (χ4n) is 4.14. The number of nitrogens with one attached hydrogen (secondary N) is 1. The molecule has 6 heteroatoms. The standard InChI is InChI=1S/C14H23N3O2S/c1-9(13-7-11-4-5-12(13)6-11)16-20(18,19)14-8-17(3)15-10(14)2/h8-9,11-13,16H,4-7H2,1-3H3/t9-,11+,12+,13+/m0/s1. The smallest absolute Gasteiger partial charge is 0.244 e. The molecule has 2 aliphatic rings. The van der Waals surface area contributed by atoms with Crippen molar-refractivity contribution >= 4 is 10.0 Å². The molecule has 0 amide bonds. The molecule has 0 aliphatic heterocycles. The molecule has 2 bridgehead atoms. The van der Waals surface area contributed by atoms with Gasteiger partial charge in [0, 0.05) is 19.3 Å². The van der Waals surface area contributed by atoms with E-state index < -0.39 is 10.0 Å². The summed E-state index contributed by atoms with van der Waals surface area (Å²) < 4.78 is 29.4. The summed E-state index contributed by atoms with van der Waals surface area (Å²) >= 11 is 0. The summed E-state index contributed by atoms with van der Waals surface area (Å²) in [6.45, 7) is 3.74. The van der Waals surface area contributed by atoms with Gasteiger partial charge in [-0.1, -0.05) is 6.42 Å². The number of aromatic nitrogens is 2. The van der Waals surface area contributed by atoms with Gasteiger partial charge in [-0.25, -0.2) is 13.1 Å². The zero-order valence-electron chi connectivity index (χ0n) is 12.3. The highest BCUT2D eigenvalue weighted by molar-refractivity contribution is 7.89. The predicted octanol–water partition coefficient (Wildman–Crippen LogP) is 1.83. The van der Waals surface area contributed by atoms with Crippen LogP contribution in [0.25, 0.3) is 0 Å². The van der Waals surface area contributed by atoms with Crippen LogP contribution in [0.15, 0.2) is 11.1 Å². The lowest BCUT2D eigenvalue weighted by Gasteiger charge is -2.28. The van der Waals surface area contributed by atoms with E-state index in [1.165, 1.54) is 25.7 Å². The van der Waals surface area contributed by atoms with E-state index in [0.717, 1.165) is 5.92 Å². The normalized spacial score (nSPS) is 30.9. The van der Waals surface area contributed by atoms with Crippen molar-refractivity contribution in [2.75, 3.05) is 0 Å². The van der Waals surface area contributed by atoms with Crippen LogP contribution in [0.3, 0.4) is 0 Å². The third-order valence-electron chi connectivity index (χ3n) is 5.03. The van der Waals surface area contributed by atoms with E-state index in [2.05, 4.69) is 9.82 Å². The SMILES string of the molecule is Cc1nn(C)cc1S(=O)(=O)N[C@@H](C)[C@H]1C[C@@H]2CC[C@@H]1C2. The summed E-state index contributed by atoms with van der Waals surface area (Å²) in [4.78, 5) is 0.301. The lowest BCUT2D eigenvalue weighted by molar-refractivity contribution is 0.280. The molecule has 5 nitrogen and oxygen atoms in total. The number of fused-ring (bicyclic) bond motifs is 2. The lowest BCUT2D eigenvalue weighted by Crippen LogP contribution is -2.40. The third kappa shape index (κ3) is 2.39. The van der Waals surface area contributed by atoms with Gasteiger partial charge in [-0.15, -0.1) is 0 Å². The van der Waals surface area contributed by atoms with E-state index >= 15 is 0 Å². The van der Waals surface area contributed by atoms with Crippen LogP contribution >= 0.6 is 0 Å². The Morgan fingerprint density at radius 2 is 2.15 bits per heavy atom. The topological polar surface area (TPSA) is 64.0 Å². The number of hydrogen-bond donors (Lipinski definition) is 1. The van der Waals surface area contributed by atoms with Crippen molar-refractivity contribution in [1.29, 1.82) is 0 Å². The average Bonchev–Trinajstić information content (AvgIpc) is 3.03. The Morgan fingerprint density at radius 1 is 1.40 bits per heavy atom. The predicted molar refractivity (Wildman–Crippen MR) is 76.7 cm³/mol. The molecule has 2 saturated carbocycles. The van der Waals surface area contributed by atoms with Gasteiger partial charge >= 0.3 is 0 Å². The first-order valence-corrected chi connectivity index (χ1v) is 8.87. The molecule has 0 radical (unpaired) electrons. The van der Waals surface area contributed by atoms with Crippen molar-refractivity contribution in [2.24, 2.45) is 24.8 Å². The molecule has 3 rings (SSSR count). The third-order valence-corrected chi connectivity index (χ3v) is 6.70. The fraction of sp³-hybridized carbons (Fsp3) is 0.786. The highest BCUT2D eigenvalue weighted by Crippen LogP contribution is 2.49. The lowest BCUT2D eigenvalue weighted by atomic mass is 9.84. The second kappa shape index (κ2) is 4.84. The molecule has 4 atom stereocenters. The first kappa shape index (κ1) is 14.1.